The second kappa shape index (κ2) is 5.87. The van der Waals surface area contributed by atoms with Crippen molar-refractivity contribution in [3.8, 4) is 0 Å². The van der Waals surface area contributed by atoms with Gasteiger partial charge in [0, 0.05) is 18.5 Å². The van der Waals surface area contributed by atoms with Crippen molar-refractivity contribution in [2.24, 2.45) is 11.3 Å². The van der Waals surface area contributed by atoms with Crippen molar-refractivity contribution in [3.05, 3.63) is 23.6 Å². The average molecular weight is 395 g/mol. The Labute approximate surface area is 149 Å². The molecule has 2 heterocycles. The number of halogens is 3. The van der Waals surface area contributed by atoms with Gasteiger partial charge in [0.1, 0.15) is 6.10 Å². The average Bonchev–Trinajstić information content (AvgIpc) is 2.77. The van der Waals surface area contributed by atoms with Gasteiger partial charge in [-0.25, -0.2) is 5.06 Å². The third-order valence-electron chi connectivity index (χ3n) is 5.77. The highest BCUT2D eigenvalue weighted by atomic mass is 32.2. The smallest absolute Gasteiger partial charge is 0.493 e. The van der Waals surface area contributed by atoms with Crippen LogP contribution in [-0.2, 0) is 19.1 Å². The molecule has 146 valence electrons. The molecule has 6 nitrogen and oxygen atoms in total. The van der Waals surface area contributed by atoms with Crippen LogP contribution >= 0.6 is 0 Å². The molecule has 0 aromatic rings. The summed E-state index contributed by atoms with van der Waals surface area (Å²) < 4.78 is 71.2. The van der Waals surface area contributed by atoms with Gasteiger partial charge in [0.2, 0.25) is 0 Å². The van der Waals surface area contributed by atoms with Gasteiger partial charge in [0.25, 0.3) is 0 Å². The number of hydrogen-bond donors (Lipinski definition) is 1. The van der Waals surface area contributed by atoms with Gasteiger partial charge in [-0.3, -0.25) is 0 Å². The standard InChI is InChI=1S/C16H20F3NO5S/c17-16(18,19)26(22,23)25-20-6-5-15-4-2-1-3-13(15)24-12-8-11(21)7-10(9-20)14(12)15/h5-6,10-11,13,21H,1-4,7-9H2/t10-,11-,13+,15?/m1/s1. The zero-order valence-electron chi connectivity index (χ0n) is 13.9. The zero-order chi connectivity index (χ0) is 18.7. The summed E-state index contributed by atoms with van der Waals surface area (Å²) in [6.45, 7) is -0.0838. The molecule has 0 bridgehead atoms. The third-order valence-corrected chi connectivity index (χ3v) is 6.72. The Kier molecular flexibility index (Phi) is 4.09. The minimum atomic E-state index is -5.74. The van der Waals surface area contributed by atoms with Crippen LogP contribution in [0.2, 0.25) is 0 Å². The van der Waals surface area contributed by atoms with Gasteiger partial charge in [-0.2, -0.15) is 21.6 Å². The Balaban J connectivity index is 1.70. The van der Waals surface area contributed by atoms with E-state index in [0.717, 1.165) is 36.3 Å². The first-order valence-corrected chi connectivity index (χ1v) is 10.1. The number of rotatable bonds is 2. The molecule has 4 atom stereocenters. The van der Waals surface area contributed by atoms with E-state index in [0.29, 0.717) is 18.6 Å². The fourth-order valence-electron chi connectivity index (χ4n) is 4.81. The van der Waals surface area contributed by atoms with E-state index >= 15 is 0 Å². The Morgan fingerprint density at radius 2 is 2.12 bits per heavy atom. The number of alkyl halides is 3. The van der Waals surface area contributed by atoms with E-state index in [1.807, 2.05) is 0 Å². The van der Waals surface area contributed by atoms with Gasteiger partial charge >= 0.3 is 15.6 Å². The molecule has 0 aromatic heterocycles. The molecule has 26 heavy (non-hydrogen) atoms. The minimum Gasteiger partial charge on any atom is -0.493 e. The first-order valence-electron chi connectivity index (χ1n) is 8.67. The maximum Gasteiger partial charge on any atom is 0.525 e. The Morgan fingerprint density at radius 3 is 2.85 bits per heavy atom. The van der Waals surface area contributed by atoms with Crippen molar-refractivity contribution in [2.75, 3.05) is 6.54 Å². The maximum atomic E-state index is 12.7. The van der Waals surface area contributed by atoms with E-state index in [4.69, 9.17) is 4.74 Å². The molecule has 1 spiro atoms. The van der Waals surface area contributed by atoms with E-state index < -0.39 is 27.1 Å². The van der Waals surface area contributed by atoms with Crippen molar-refractivity contribution in [2.45, 2.75) is 56.2 Å². The lowest BCUT2D eigenvalue weighted by Gasteiger charge is -2.39. The number of ether oxygens (including phenoxy) is 1. The van der Waals surface area contributed by atoms with Crippen molar-refractivity contribution in [3.63, 3.8) is 0 Å². The van der Waals surface area contributed by atoms with Crippen LogP contribution in [0.25, 0.3) is 0 Å². The van der Waals surface area contributed by atoms with Crippen LogP contribution in [0.4, 0.5) is 13.2 Å². The molecule has 10 heteroatoms. The molecule has 2 aliphatic heterocycles. The summed E-state index contributed by atoms with van der Waals surface area (Å²) in [5.74, 6) is 0.390. The largest absolute Gasteiger partial charge is 0.525 e. The number of aliphatic hydroxyl groups is 1. The number of aliphatic hydroxyl groups excluding tert-OH is 1. The summed E-state index contributed by atoms with van der Waals surface area (Å²) in [5.41, 5.74) is -4.94. The minimum absolute atomic E-state index is 0.0838. The van der Waals surface area contributed by atoms with Crippen LogP contribution in [0.15, 0.2) is 23.6 Å². The van der Waals surface area contributed by atoms with Crippen LogP contribution < -0.4 is 0 Å². The zero-order valence-corrected chi connectivity index (χ0v) is 14.7. The van der Waals surface area contributed by atoms with Crippen molar-refractivity contribution >= 4 is 10.1 Å². The normalized spacial score (nSPS) is 37.1. The topological polar surface area (TPSA) is 76.1 Å². The van der Waals surface area contributed by atoms with Crippen LogP contribution in [-0.4, -0.2) is 42.8 Å². The number of hydroxylamine groups is 2. The molecular formula is C16H20F3NO5S. The van der Waals surface area contributed by atoms with E-state index in [2.05, 4.69) is 4.28 Å². The lowest BCUT2D eigenvalue weighted by molar-refractivity contribution is -0.0859. The predicted octanol–water partition coefficient (Wildman–Crippen LogP) is 2.58. The molecule has 0 aromatic carbocycles. The van der Waals surface area contributed by atoms with E-state index in [1.54, 1.807) is 6.08 Å². The highest BCUT2D eigenvalue weighted by Gasteiger charge is 2.56. The monoisotopic (exact) mass is 395 g/mol. The Morgan fingerprint density at radius 1 is 1.35 bits per heavy atom. The molecule has 2 aliphatic carbocycles. The van der Waals surface area contributed by atoms with Crippen LogP contribution in [0.3, 0.4) is 0 Å². The van der Waals surface area contributed by atoms with Gasteiger partial charge in [-0.05, 0) is 31.3 Å². The molecule has 4 rings (SSSR count). The number of hydrogen-bond acceptors (Lipinski definition) is 6. The summed E-state index contributed by atoms with van der Waals surface area (Å²) >= 11 is 0. The molecule has 1 fully saturated rings. The lowest BCUT2D eigenvalue weighted by Crippen LogP contribution is -2.39. The molecule has 0 saturated heterocycles. The molecule has 0 amide bonds. The Bertz CT molecular complexity index is 762. The van der Waals surface area contributed by atoms with Crippen LogP contribution in [0.1, 0.15) is 38.5 Å². The molecular weight excluding hydrogens is 375 g/mol. The Hall–Kier alpha value is -1.26. The van der Waals surface area contributed by atoms with Crippen molar-refractivity contribution in [1.82, 2.24) is 5.06 Å². The first-order chi connectivity index (χ1) is 12.1. The summed E-state index contributed by atoms with van der Waals surface area (Å²) in [6.07, 6.45) is 6.52. The first kappa shape index (κ1) is 18.1. The van der Waals surface area contributed by atoms with Gasteiger partial charge in [-0.1, -0.05) is 12.5 Å². The number of nitrogens with zero attached hydrogens (tertiary/aromatic N) is 1. The van der Waals surface area contributed by atoms with Crippen LogP contribution in [0, 0.1) is 11.3 Å². The van der Waals surface area contributed by atoms with Gasteiger partial charge < -0.3 is 9.84 Å². The van der Waals surface area contributed by atoms with Crippen molar-refractivity contribution < 1.29 is 35.7 Å². The maximum absolute atomic E-state index is 12.7. The molecule has 1 saturated carbocycles. The fourth-order valence-corrected chi connectivity index (χ4v) is 5.25. The summed E-state index contributed by atoms with van der Waals surface area (Å²) in [5, 5.41) is 10.9. The molecule has 1 N–H and O–H groups in total. The van der Waals surface area contributed by atoms with E-state index in [-0.39, 0.29) is 18.6 Å². The van der Waals surface area contributed by atoms with Gasteiger partial charge in [-0.15, -0.1) is 4.28 Å². The quantitative estimate of drug-likeness (QED) is 0.725. The summed E-state index contributed by atoms with van der Waals surface area (Å²) in [6, 6.07) is 0. The van der Waals surface area contributed by atoms with E-state index in [9.17, 15) is 26.7 Å². The molecule has 4 aliphatic rings. The SMILES string of the molecule is O=S(=O)(ON1C=CC23CCCC[C@@H]2OC2=C3[C@H](C[C@@H](O)C2)C1)C(F)(F)F. The summed E-state index contributed by atoms with van der Waals surface area (Å²) in [4.78, 5) is 0. The second-order valence-corrected chi connectivity index (χ2v) is 8.93. The van der Waals surface area contributed by atoms with E-state index in [1.165, 1.54) is 6.20 Å². The molecule has 0 radical (unpaired) electrons. The van der Waals surface area contributed by atoms with Crippen molar-refractivity contribution in [1.29, 1.82) is 0 Å². The van der Waals surface area contributed by atoms with Gasteiger partial charge in [0.15, 0.2) is 0 Å². The fraction of sp³-hybridized carbons (Fsp3) is 0.750. The van der Waals surface area contributed by atoms with Gasteiger partial charge in [0.05, 0.1) is 23.8 Å². The van der Waals surface area contributed by atoms with Crippen LogP contribution in [0.5, 0.6) is 0 Å². The third kappa shape index (κ3) is 2.73. The lowest BCUT2D eigenvalue weighted by atomic mass is 9.63. The molecule has 1 unspecified atom stereocenters. The predicted molar refractivity (Wildman–Crippen MR) is 83.4 cm³/mol. The highest BCUT2D eigenvalue weighted by molar-refractivity contribution is 7.87. The summed E-state index contributed by atoms with van der Waals surface area (Å²) in [7, 11) is -5.74. The second-order valence-electron chi connectivity index (χ2n) is 7.41. The highest BCUT2D eigenvalue weighted by Crippen LogP contribution is 2.58.